The molecule has 0 bridgehead atoms. The van der Waals surface area contributed by atoms with Gasteiger partial charge in [-0.05, 0) is 49.2 Å². The van der Waals surface area contributed by atoms with E-state index in [1.165, 1.54) is 23.9 Å². The predicted molar refractivity (Wildman–Crippen MR) is 99.7 cm³/mol. The molecule has 0 radical (unpaired) electrons. The lowest BCUT2D eigenvalue weighted by molar-refractivity contribution is -0.137. The van der Waals surface area contributed by atoms with Crippen LogP contribution in [0.4, 0.5) is 18.9 Å². The molecular formula is C20H17F3N4O2. The van der Waals surface area contributed by atoms with Crippen LogP contribution < -0.4 is 10.1 Å². The minimum Gasteiger partial charge on any atom is -0.466 e. The number of aromatic nitrogens is 3. The lowest BCUT2D eigenvalue weighted by atomic mass is 10.1. The largest absolute Gasteiger partial charge is 0.466 e. The Morgan fingerprint density at radius 1 is 1.17 bits per heavy atom. The summed E-state index contributed by atoms with van der Waals surface area (Å²) in [6, 6.07) is 11.7. The summed E-state index contributed by atoms with van der Waals surface area (Å²) in [5.41, 5.74) is 0.680. The van der Waals surface area contributed by atoms with Crippen LogP contribution in [0, 0.1) is 5.92 Å². The average Bonchev–Trinajstić information content (AvgIpc) is 3.47. The van der Waals surface area contributed by atoms with Crippen molar-refractivity contribution in [3.8, 4) is 23.1 Å². The molecule has 3 aromatic rings. The molecule has 6 nitrogen and oxygen atoms in total. The Morgan fingerprint density at radius 2 is 1.90 bits per heavy atom. The maximum atomic E-state index is 13.1. The van der Waals surface area contributed by atoms with Crippen molar-refractivity contribution in [1.82, 2.24) is 14.8 Å². The van der Waals surface area contributed by atoms with Gasteiger partial charge in [0.1, 0.15) is 0 Å². The predicted octanol–water partition coefficient (Wildman–Crippen LogP) is 4.31. The number of carbonyl (C=O) groups excluding carboxylic acids is 1. The van der Waals surface area contributed by atoms with Crippen LogP contribution in [0.2, 0.25) is 0 Å². The minimum absolute atomic E-state index is 0.00942. The van der Waals surface area contributed by atoms with E-state index >= 15 is 0 Å². The van der Waals surface area contributed by atoms with Gasteiger partial charge in [0.15, 0.2) is 5.82 Å². The van der Waals surface area contributed by atoms with Crippen LogP contribution in [-0.2, 0) is 11.0 Å². The highest BCUT2D eigenvalue weighted by Crippen LogP contribution is 2.33. The molecule has 0 unspecified atom stereocenters. The van der Waals surface area contributed by atoms with E-state index in [4.69, 9.17) is 4.74 Å². The van der Waals surface area contributed by atoms with Gasteiger partial charge >= 0.3 is 12.2 Å². The van der Waals surface area contributed by atoms with Crippen LogP contribution in [0.5, 0.6) is 6.01 Å². The summed E-state index contributed by atoms with van der Waals surface area (Å²) < 4.78 is 45.7. The Bertz CT molecular complexity index is 1040. The molecule has 1 N–H and O–H groups in total. The van der Waals surface area contributed by atoms with Gasteiger partial charge in [-0.2, -0.15) is 18.2 Å². The number of amides is 1. The number of hydrogen-bond acceptors (Lipinski definition) is 4. The number of nitrogens with one attached hydrogen (secondary N) is 1. The molecular weight excluding hydrogens is 385 g/mol. The van der Waals surface area contributed by atoms with E-state index in [0.717, 1.165) is 25.0 Å². The highest BCUT2D eigenvalue weighted by atomic mass is 19.4. The standard InChI is InChI=1S/C20H17F3N4O2/c1-29-19-25-17(13-3-2-4-14(11-13)20(21,22)23)27(26-19)16-9-7-15(8-10-16)24-18(28)12-5-6-12/h2-4,7-12H,5-6H2,1H3,(H,24,28). The molecule has 1 saturated carbocycles. The van der Waals surface area contributed by atoms with Gasteiger partial charge in [0.25, 0.3) is 0 Å². The van der Waals surface area contributed by atoms with Crippen LogP contribution in [0.15, 0.2) is 48.5 Å². The summed E-state index contributed by atoms with van der Waals surface area (Å²) in [6.07, 6.45) is -2.65. The fraction of sp³-hybridized carbons (Fsp3) is 0.250. The zero-order valence-electron chi connectivity index (χ0n) is 15.4. The summed E-state index contributed by atoms with van der Waals surface area (Å²) in [5, 5.41) is 7.05. The summed E-state index contributed by atoms with van der Waals surface area (Å²) in [6.45, 7) is 0. The molecule has 0 saturated heterocycles. The maximum absolute atomic E-state index is 13.1. The molecule has 1 fully saturated rings. The molecule has 1 aliphatic carbocycles. The third-order valence-electron chi connectivity index (χ3n) is 4.55. The fourth-order valence-electron chi connectivity index (χ4n) is 2.86. The number of nitrogens with zero attached hydrogens (tertiary/aromatic N) is 3. The lowest BCUT2D eigenvalue weighted by Gasteiger charge is -2.10. The van der Waals surface area contributed by atoms with Crippen molar-refractivity contribution >= 4 is 11.6 Å². The van der Waals surface area contributed by atoms with Gasteiger partial charge in [-0.25, -0.2) is 4.68 Å². The Morgan fingerprint density at radius 3 is 2.52 bits per heavy atom. The topological polar surface area (TPSA) is 69.0 Å². The molecule has 4 rings (SSSR count). The zero-order chi connectivity index (χ0) is 20.6. The van der Waals surface area contributed by atoms with Gasteiger partial charge in [0.2, 0.25) is 5.91 Å². The van der Waals surface area contributed by atoms with E-state index in [2.05, 4.69) is 15.4 Å². The fourth-order valence-corrected chi connectivity index (χ4v) is 2.86. The van der Waals surface area contributed by atoms with Crippen LogP contribution in [0.25, 0.3) is 17.1 Å². The number of carbonyl (C=O) groups is 1. The van der Waals surface area contributed by atoms with Gasteiger partial charge in [0.05, 0.1) is 18.4 Å². The van der Waals surface area contributed by atoms with E-state index in [0.29, 0.717) is 11.4 Å². The van der Waals surface area contributed by atoms with Crippen molar-refractivity contribution in [3.05, 3.63) is 54.1 Å². The van der Waals surface area contributed by atoms with Crippen molar-refractivity contribution in [2.45, 2.75) is 19.0 Å². The SMILES string of the molecule is COc1nc(-c2cccc(C(F)(F)F)c2)n(-c2ccc(NC(=O)C3CC3)cc2)n1. The number of benzene rings is 2. The van der Waals surface area contributed by atoms with E-state index < -0.39 is 11.7 Å². The molecule has 0 aliphatic heterocycles. The molecule has 0 spiro atoms. The summed E-state index contributed by atoms with van der Waals surface area (Å²) in [7, 11) is 1.38. The molecule has 1 aromatic heterocycles. The van der Waals surface area contributed by atoms with Crippen molar-refractivity contribution in [3.63, 3.8) is 0 Å². The monoisotopic (exact) mass is 402 g/mol. The Labute approximate surface area is 164 Å². The van der Waals surface area contributed by atoms with Crippen molar-refractivity contribution in [2.24, 2.45) is 5.92 Å². The van der Waals surface area contributed by atoms with E-state index in [1.807, 2.05) is 0 Å². The number of methoxy groups -OCH3 is 1. The molecule has 150 valence electrons. The summed E-state index contributed by atoms with van der Waals surface area (Å²) in [4.78, 5) is 16.1. The van der Waals surface area contributed by atoms with Gasteiger partial charge in [-0.3, -0.25) is 4.79 Å². The number of alkyl halides is 3. The highest BCUT2D eigenvalue weighted by molar-refractivity contribution is 5.94. The molecule has 29 heavy (non-hydrogen) atoms. The van der Waals surface area contributed by atoms with Gasteiger partial charge in [-0.1, -0.05) is 12.1 Å². The smallest absolute Gasteiger partial charge is 0.416 e. The van der Waals surface area contributed by atoms with Crippen molar-refractivity contribution in [1.29, 1.82) is 0 Å². The first-order chi connectivity index (χ1) is 13.8. The highest BCUT2D eigenvalue weighted by Gasteiger charge is 2.31. The van der Waals surface area contributed by atoms with Crippen molar-refractivity contribution < 1.29 is 22.7 Å². The number of ether oxygens (including phenoxy) is 1. The van der Waals surface area contributed by atoms with E-state index in [-0.39, 0.29) is 29.2 Å². The zero-order valence-corrected chi connectivity index (χ0v) is 15.4. The van der Waals surface area contributed by atoms with Crippen LogP contribution in [0.3, 0.4) is 0 Å². The van der Waals surface area contributed by atoms with Gasteiger partial charge in [0, 0.05) is 17.2 Å². The Kier molecular flexibility index (Phi) is 4.73. The number of anilines is 1. The maximum Gasteiger partial charge on any atom is 0.416 e. The minimum atomic E-state index is -4.47. The van der Waals surface area contributed by atoms with Crippen LogP contribution in [0.1, 0.15) is 18.4 Å². The first-order valence-corrected chi connectivity index (χ1v) is 8.95. The first-order valence-electron chi connectivity index (χ1n) is 8.95. The van der Waals surface area contributed by atoms with E-state index in [1.54, 1.807) is 24.3 Å². The van der Waals surface area contributed by atoms with Gasteiger partial charge < -0.3 is 10.1 Å². The number of rotatable bonds is 5. The summed E-state index contributed by atoms with van der Waals surface area (Å²) >= 11 is 0. The first kappa shape index (κ1) is 19.0. The van der Waals surface area contributed by atoms with Crippen LogP contribution in [-0.4, -0.2) is 27.8 Å². The second-order valence-electron chi connectivity index (χ2n) is 6.72. The third kappa shape index (κ3) is 4.08. The normalized spacial score (nSPS) is 13.9. The Hall–Kier alpha value is -3.36. The second-order valence-corrected chi connectivity index (χ2v) is 6.72. The second kappa shape index (κ2) is 7.23. The van der Waals surface area contributed by atoms with Crippen molar-refractivity contribution in [2.75, 3.05) is 12.4 Å². The molecule has 2 aromatic carbocycles. The quantitative estimate of drug-likeness (QED) is 0.691. The third-order valence-corrected chi connectivity index (χ3v) is 4.55. The Balaban J connectivity index is 1.68. The van der Waals surface area contributed by atoms with Gasteiger partial charge in [-0.15, -0.1) is 5.10 Å². The lowest BCUT2D eigenvalue weighted by Crippen LogP contribution is -2.13. The molecule has 0 atom stereocenters. The molecule has 1 amide bonds. The van der Waals surface area contributed by atoms with Crippen LogP contribution >= 0.6 is 0 Å². The molecule has 1 aliphatic rings. The average molecular weight is 402 g/mol. The van der Waals surface area contributed by atoms with E-state index in [9.17, 15) is 18.0 Å². The summed E-state index contributed by atoms with van der Waals surface area (Å²) in [5.74, 6) is 0.286. The molecule has 9 heteroatoms. The molecule has 1 heterocycles. The number of halogens is 3. The number of hydrogen-bond donors (Lipinski definition) is 1.